The number of fused-ring (bicyclic) bond motifs is 1. The highest BCUT2D eigenvalue weighted by molar-refractivity contribution is 7.85. The first-order chi connectivity index (χ1) is 14.1. The van der Waals surface area contributed by atoms with Crippen molar-refractivity contribution in [2.24, 2.45) is 0 Å². The number of nitrogens with zero attached hydrogens (tertiary/aromatic N) is 1. The summed E-state index contributed by atoms with van der Waals surface area (Å²) in [5.74, 6) is -0.264. The number of carbonyl (C=O) groups excluding carboxylic acids is 1. The minimum atomic E-state index is -3.67. The largest absolute Gasteiger partial charge is 0.379 e. The highest BCUT2D eigenvalue weighted by atomic mass is 35.5. The first-order valence-corrected chi connectivity index (χ1v) is 11.7. The molecule has 1 aromatic heterocycles. The predicted octanol–water partition coefficient (Wildman–Crippen LogP) is 1.53. The predicted molar refractivity (Wildman–Crippen MR) is 116 cm³/mol. The fourth-order valence-corrected chi connectivity index (χ4v) is 3.10. The zero-order valence-electron chi connectivity index (χ0n) is 16.7. The molecule has 1 fully saturated rings. The second kappa shape index (κ2) is 11.4. The summed E-state index contributed by atoms with van der Waals surface area (Å²) in [4.78, 5) is 29.7. The number of nitrogens with one attached hydrogen (secondary N) is 2. The molecule has 1 saturated heterocycles. The Kier molecular flexibility index (Phi) is 9.25. The molecule has 0 aliphatic carbocycles. The van der Waals surface area contributed by atoms with E-state index in [2.05, 4.69) is 15.2 Å². The first kappa shape index (κ1) is 24.3. The average Bonchev–Trinajstić information content (AvgIpc) is 2.67. The van der Waals surface area contributed by atoms with Crippen LogP contribution in [0.25, 0.3) is 10.9 Å². The summed E-state index contributed by atoms with van der Waals surface area (Å²) >= 11 is 5.90. The summed E-state index contributed by atoms with van der Waals surface area (Å²) in [5, 5.41) is 3.84. The van der Waals surface area contributed by atoms with E-state index in [1.54, 1.807) is 18.2 Å². The van der Waals surface area contributed by atoms with Crippen molar-refractivity contribution in [2.45, 2.75) is 12.8 Å². The van der Waals surface area contributed by atoms with Gasteiger partial charge in [0.25, 0.3) is 16.0 Å². The van der Waals surface area contributed by atoms with Crippen LogP contribution in [0.3, 0.4) is 0 Å². The Morgan fingerprint density at radius 1 is 1.27 bits per heavy atom. The zero-order valence-corrected chi connectivity index (χ0v) is 18.3. The zero-order chi connectivity index (χ0) is 22.1. The van der Waals surface area contributed by atoms with Gasteiger partial charge in [-0.2, -0.15) is 8.42 Å². The number of aromatic nitrogens is 1. The quantitative estimate of drug-likeness (QED) is 0.441. The van der Waals surface area contributed by atoms with Crippen LogP contribution in [-0.4, -0.2) is 74.4 Å². The lowest BCUT2D eigenvalue weighted by Crippen LogP contribution is -2.37. The number of amides is 1. The summed E-state index contributed by atoms with van der Waals surface area (Å²) in [5.41, 5.74) is 0.663. The monoisotopic (exact) mass is 459 g/mol. The van der Waals surface area contributed by atoms with Crippen LogP contribution in [0, 0.1) is 0 Å². The number of carbonyl (C=O) groups is 1. The van der Waals surface area contributed by atoms with E-state index in [0.717, 1.165) is 45.7 Å². The Balaban J connectivity index is 0.000000575. The molecule has 0 spiro atoms. The fraction of sp³-hybridized carbons (Fsp3) is 0.474. The molecule has 0 radical (unpaired) electrons. The van der Waals surface area contributed by atoms with Gasteiger partial charge < -0.3 is 15.0 Å². The van der Waals surface area contributed by atoms with Crippen LogP contribution in [-0.2, 0) is 14.9 Å². The number of rotatable bonds is 6. The highest BCUT2D eigenvalue weighted by Crippen LogP contribution is 2.15. The number of H-pyrrole nitrogens is 1. The van der Waals surface area contributed by atoms with E-state index >= 15 is 0 Å². The normalized spacial score (nSPS) is 14.8. The molecule has 11 heteroatoms. The van der Waals surface area contributed by atoms with Gasteiger partial charge in [-0.3, -0.25) is 19.0 Å². The molecule has 1 aliphatic rings. The Morgan fingerprint density at radius 3 is 2.60 bits per heavy atom. The third-order valence-electron chi connectivity index (χ3n) is 4.33. The minimum absolute atomic E-state index is 0.214. The molecule has 3 rings (SSSR count). The van der Waals surface area contributed by atoms with Gasteiger partial charge in [0, 0.05) is 41.6 Å². The number of hydrogen-bond donors (Lipinski definition) is 3. The third kappa shape index (κ3) is 8.80. The van der Waals surface area contributed by atoms with Gasteiger partial charge in [-0.05, 0) is 37.6 Å². The van der Waals surface area contributed by atoms with Crippen molar-refractivity contribution < 1.29 is 22.5 Å². The molecule has 0 unspecified atom stereocenters. The average molecular weight is 460 g/mol. The van der Waals surface area contributed by atoms with Gasteiger partial charge in [0.05, 0.1) is 19.5 Å². The highest BCUT2D eigenvalue weighted by Gasteiger charge is 2.11. The van der Waals surface area contributed by atoms with Crippen LogP contribution in [0.2, 0.25) is 5.02 Å². The summed E-state index contributed by atoms with van der Waals surface area (Å²) in [6.45, 7) is 5.18. The second-order valence-electron chi connectivity index (χ2n) is 6.89. The fourth-order valence-electron chi connectivity index (χ4n) is 2.92. The number of aromatic amines is 1. The molecule has 9 nitrogen and oxygen atoms in total. The molecule has 1 amide bonds. The second-order valence-corrected chi connectivity index (χ2v) is 8.79. The number of benzene rings is 1. The van der Waals surface area contributed by atoms with Crippen molar-refractivity contribution in [3.8, 4) is 0 Å². The number of halogens is 1. The SMILES string of the molecule is CS(=O)(=O)O.O=C(NCCCCN1CCOCC1)c1cc(=O)c2cc(Cl)ccc2[nH]1. The van der Waals surface area contributed by atoms with Crippen molar-refractivity contribution in [1.29, 1.82) is 0 Å². The Bertz CT molecular complexity index is 1010. The molecule has 2 heterocycles. The maximum Gasteiger partial charge on any atom is 0.267 e. The van der Waals surface area contributed by atoms with E-state index in [9.17, 15) is 18.0 Å². The van der Waals surface area contributed by atoms with Gasteiger partial charge in [-0.25, -0.2) is 0 Å². The van der Waals surface area contributed by atoms with Crippen LogP contribution in [0.15, 0.2) is 29.1 Å². The van der Waals surface area contributed by atoms with E-state index in [1.165, 1.54) is 6.07 Å². The topological polar surface area (TPSA) is 129 Å². The summed E-state index contributed by atoms with van der Waals surface area (Å²) in [6.07, 6.45) is 2.64. The van der Waals surface area contributed by atoms with Gasteiger partial charge in [-0.1, -0.05) is 11.6 Å². The molecule has 1 aliphatic heterocycles. The van der Waals surface area contributed by atoms with Crippen LogP contribution in [0.5, 0.6) is 0 Å². The Labute approximate surface area is 180 Å². The lowest BCUT2D eigenvalue weighted by atomic mass is 10.2. The summed E-state index contributed by atoms with van der Waals surface area (Å²) in [6, 6.07) is 6.32. The van der Waals surface area contributed by atoms with Crippen LogP contribution in [0.4, 0.5) is 0 Å². The van der Waals surface area contributed by atoms with Crippen molar-refractivity contribution >= 4 is 38.5 Å². The molecule has 30 heavy (non-hydrogen) atoms. The molecule has 166 valence electrons. The molecular weight excluding hydrogens is 434 g/mol. The summed E-state index contributed by atoms with van der Waals surface area (Å²) < 4.78 is 31.2. The summed E-state index contributed by atoms with van der Waals surface area (Å²) in [7, 11) is -3.67. The molecular formula is C19H26ClN3O6S. The van der Waals surface area contributed by atoms with Crippen LogP contribution < -0.4 is 10.7 Å². The number of hydrogen-bond acceptors (Lipinski definition) is 6. The molecule has 2 aromatic rings. The van der Waals surface area contributed by atoms with Gasteiger partial charge in [0.15, 0.2) is 5.43 Å². The van der Waals surface area contributed by atoms with E-state index in [0.29, 0.717) is 28.7 Å². The lowest BCUT2D eigenvalue weighted by molar-refractivity contribution is 0.0372. The van der Waals surface area contributed by atoms with Crippen LogP contribution >= 0.6 is 11.6 Å². The number of pyridine rings is 1. The van der Waals surface area contributed by atoms with Gasteiger partial charge in [0.2, 0.25) is 0 Å². The van der Waals surface area contributed by atoms with Crippen molar-refractivity contribution in [1.82, 2.24) is 15.2 Å². The lowest BCUT2D eigenvalue weighted by Gasteiger charge is -2.26. The number of unbranched alkanes of at least 4 members (excludes halogenated alkanes) is 1. The smallest absolute Gasteiger partial charge is 0.267 e. The van der Waals surface area contributed by atoms with Gasteiger partial charge in [0.1, 0.15) is 5.69 Å². The van der Waals surface area contributed by atoms with Crippen molar-refractivity contribution in [2.75, 3.05) is 45.6 Å². The molecule has 0 saturated carbocycles. The maximum atomic E-state index is 12.2. The Morgan fingerprint density at radius 2 is 1.93 bits per heavy atom. The third-order valence-corrected chi connectivity index (χ3v) is 4.56. The number of ether oxygens (including phenoxy) is 1. The van der Waals surface area contributed by atoms with Crippen molar-refractivity contribution in [3.63, 3.8) is 0 Å². The van der Waals surface area contributed by atoms with E-state index < -0.39 is 10.1 Å². The number of morpholine rings is 1. The molecule has 0 bridgehead atoms. The van der Waals surface area contributed by atoms with Crippen molar-refractivity contribution in [3.05, 3.63) is 45.2 Å². The van der Waals surface area contributed by atoms with Gasteiger partial charge in [-0.15, -0.1) is 0 Å². The van der Waals surface area contributed by atoms with E-state index in [4.69, 9.17) is 20.9 Å². The van der Waals surface area contributed by atoms with E-state index in [-0.39, 0.29) is 17.0 Å². The molecule has 0 atom stereocenters. The standard InChI is InChI=1S/C18H22ClN3O3.CH4O3S/c19-13-3-4-15-14(11-13)17(23)12-16(21-15)18(24)20-5-1-2-6-22-7-9-25-10-8-22;1-5(2,3)4/h3-4,11-12H,1-2,5-10H2,(H,20,24)(H,21,23);1H3,(H,2,3,4). The van der Waals surface area contributed by atoms with Gasteiger partial charge >= 0.3 is 0 Å². The maximum absolute atomic E-state index is 12.2. The molecule has 3 N–H and O–H groups in total. The van der Waals surface area contributed by atoms with E-state index in [1.807, 2.05) is 0 Å². The minimum Gasteiger partial charge on any atom is -0.379 e. The first-order valence-electron chi connectivity index (χ1n) is 9.47. The Hall–Kier alpha value is -1.98. The van der Waals surface area contributed by atoms with Crippen LogP contribution in [0.1, 0.15) is 23.3 Å². The molecule has 1 aromatic carbocycles.